The van der Waals surface area contributed by atoms with Gasteiger partial charge in [-0.05, 0) is 47.0 Å². The maximum atomic E-state index is 12.4. The average Bonchev–Trinajstić information content (AvgIpc) is 2.95. The van der Waals surface area contributed by atoms with Crippen molar-refractivity contribution in [3.63, 3.8) is 0 Å². The normalized spacial score (nSPS) is 14.3. The predicted molar refractivity (Wildman–Crippen MR) is 149 cm³/mol. The lowest BCUT2D eigenvalue weighted by Gasteiger charge is -2.27. The van der Waals surface area contributed by atoms with E-state index in [-0.39, 0.29) is 17.2 Å². The van der Waals surface area contributed by atoms with Crippen molar-refractivity contribution < 1.29 is 19.0 Å². The van der Waals surface area contributed by atoms with E-state index >= 15 is 0 Å². The SMILES string of the molecule is N#CC1=C(N)Oc2cc(OC(=O)/C=C/c3ccccc3Cl)ccc2C1c1cccc(OCc2ccccc2)c1. The Balaban J connectivity index is 1.38. The van der Waals surface area contributed by atoms with Crippen LogP contribution in [0.5, 0.6) is 17.2 Å². The van der Waals surface area contributed by atoms with Crippen LogP contribution in [0.15, 0.2) is 115 Å². The van der Waals surface area contributed by atoms with Gasteiger partial charge in [-0.3, -0.25) is 0 Å². The van der Waals surface area contributed by atoms with Crippen LogP contribution in [0.1, 0.15) is 28.2 Å². The first kappa shape index (κ1) is 25.7. The number of hydrogen-bond donors (Lipinski definition) is 1. The van der Waals surface area contributed by atoms with Crippen molar-refractivity contribution in [1.29, 1.82) is 5.26 Å². The molecule has 5 rings (SSSR count). The smallest absolute Gasteiger partial charge is 0.336 e. The molecule has 0 spiro atoms. The average molecular weight is 535 g/mol. The van der Waals surface area contributed by atoms with E-state index in [0.717, 1.165) is 11.1 Å². The van der Waals surface area contributed by atoms with Gasteiger partial charge in [-0.2, -0.15) is 5.26 Å². The van der Waals surface area contributed by atoms with Crippen LogP contribution >= 0.6 is 11.6 Å². The molecule has 0 aromatic heterocycles. The van der Waals surface area contributed by atoms with E-state index in [9.17, 15) is 10.1 Å². The summed E-state index contributed by atoms with van der Waals surface area (Å²) in [5.41, 5.74) is 9.72. The molecule has 1 aliphatic heterocycles. The number of benzene rings is 4. The highest BCUT2D eigenvalue weighted by Gasteiger charge is 2.31. The molecule has 0 saturated heterocycles. The van der Waals surface area contributed by atoms with E-state index in [2.05, 4.69) is 6.07 Å². The first-order valence-electron chi connectivity index (χ1n) is 12.1. The molecular weight excluding hydrogens is 512 g/mol. The van der Waals surface area contributed by atoms with Crippen LogP contribution in [0.3, 0.4) is 0 Å². The minimum absolute atomic E-state index is 0.00676. The number of carbonyl (C=O) groups is 1. The van der Waals surface area contributed by atoms with Crippen molar-refractivity contribution in [2.75, 3.05) is 0 Å². The number of carbonyl (C=O) groups excluding carboxylic acids is 1. The molecule has 1 heterocycles. The second-order valence-electron chi connectivity index (χ2n) is 8.75. The first-order chi connectivity index (χ1) is 19.0. The first-order valence-corrected chi connectivity index (χ1v) is 12.5. The van der Waals surface area contributed by atoms with Gasteiger partial charge in [0.1, 0.15) is 35.5 Å². The molecule has 7 heteroatoms. The van der Waals surface area contributed by atoms with Crippen LogP contribution in [0, 0.1) is 11.3 Å². The third-order valence-corrected chi connectivity index (χ3v) is 6.50. The van der Waals surface area contributed by atoms with Gasteiger partial charge < -0.3 is 19.9 Å². The highest BCUT2D eigenvalue weighted by molar-refractivity contribution is 6.32. The molecule has 0 fully saturated rings. The van der Waals surface area contributed by atoms with Crippen LogP contribution in [-0.2, 0) is 11.4 Å². The van der Waals surface area contributed by atoms with Gasteiger partial charge >= 0.3 is 5.97 Å². The second kappa shape index (κ2) is 11.6. The van der Waals surface area contributed by atoms with Crippen LogP contribution in [0.2, 0.25) is 5.02 Å². The molecule has 2 N–H and O–H groups in total. The number of fused-ring (bicyclic) bond motifs is 1. The van der Waals surface area contributed by atoms with Gasteiger partial charge in [-0.1, -0.05) is 78.3 Å². The van der Waals surface area contributed by atoms with Crippen molar-refractivity contribution in [3.8, 4) is 23.3 Å². The second-order valence-corrected chi connectivity index (χ2v) is 9.15. The summed E-state index contributed by atoms with van der Waals surface area (Å²) >= 11 is 6.14. The Morgan fingerprint density at radius 2 is 1.77 bits per heavy atom. The van der Waals surface area contributed by atoms with Gasteiger partial charge in [0.05, 0.1) is 5.92 Å². The van der Waals surface area contributed by atoms with E-state index in [4.69, 9.17) is 31.5 Å². The van der Waals surface area contributed by atoms with E-state index in [0.29, 0.717) is 34.3 Å². The number of nitrogens with two attached hydrogens (primary N) is 1. The lowest BCUT2D eigenvalue weighted by atomic mass is 9.83. The predicted octanol–water partition coefficient (Wildman–Crippen LogP) is 6.76. The minimum Gasteiger partial charge on any atom is -0.489 e. The number of allylic oxidation sites excluding steroid dienone is 1. The number of nitrogens with zero attached hydrogens (tertiary/aromatic N) is 1. The Kier molecular flexibility index (Phi) is 7.63. The molecule has 0 radical (unpaired) electrons. The standard InChI is InChI=1S/C32H23ClN2O4/c33-28-12-5-4-9-22(28)13-16-30(36)38-25-14-15-26-29(18-25)39-32(35)27(19-34)31(26)23-10-6-11-24(17-23)37-20-21-7-2-1-3-8-21/h1-18,31H,20,35H2/b16-13+. The topological polar surface area (TPSA) is 94.6 Å². The van der Waals surface area contributed by atoms with Crippen LogP contribution in [-0.4, -0.2) is 5.97 Å². The molecule has 0 saturated carbocycles. The summed E-state index contributed by atoms with van der Waals surface area (Å²) in [6.07, 6.45) is 2.88. The fourth-order valence-corrected chi connectivity index (χ4v) is 4.48. The molecule has 0 aliphatic carbocycles. The molecule has 1 atom stereocenters. The number of rotatable bonds is 7. The van der Waals surface area contributed by atoms with Gasteiger partial charge in [-0.25, -0.2) is 4.79 Å². The van der Waals surface area contributed by atoms with Crippen LogP contribution < -0.4 is 19.9 Å². The Labute approximate surface area is 231 Å². The van der Waals surface area contributed by atoms with Crippen LogP contribution in [0.25, 0.3) is 6.08 Å². The summed E-state index contributed by atoms with van der Waals surface area (Å²) in [6, 6.07) is 31.8. The zero-order valence-electron chi connectivity index (χ0n) is 20.7. The summed E-state index contributed by atoms with van der Waals surface area (Å²) in [4.78, 5) is 12.4. The number of ether oxygens (including phenoxy) is 3. The number of halogens is 1. The summed E-state index contributed by atoms with van der Waals surface area (Å²) < 4.78 is 17.2. The Morgan fingerprint density at radius 1 is 0.974 bits per heavy atom. The number of hydrogen-bond acceptors (Lipinski definition) is 6. The molecule has 1 aliphatic rings. The fraction of sp³-hybridized carbons (Fsp3) is 0.0625. The van der Waals surface area contributed by atoms with E-state index in [1.54, 1.807) is 36.4 Å². The van der Waals surface area contributed by atoms with E-state index in [1.165, 1.54) is 6.08 Å². The molecular formula is C32H23ClN2O4. The van der Waals surface area contributed by atoms with Gasteiger partial charge in [0, 0.05) is 22.7 Å². The highest BCUT2D eigenvalue weighted by atomic mass is 35.5. The monoisotopic (exact) mass is 534 g/mol. The van der Waals surface area contributed by atoms with Crippen molar-refractivity contribution in [2.24, 2.45) is 5.73 Å². The minimum atomic E-state index is -0.577. The molecule has 0 amide bonds. The van der Waals surface area contributed by atoms with Gasteiger partial charge in [0.15, 0.2) is 0 Å². The molecule has 6 nitrogen and oxygen atoms in total. The zero-order chi connectivity index (χ0) is 27.2. The maximum absolute atomic E-state index is 12.4. The summed E-state index contributed by atoms with van der Waals surface area (Å²) in [7, 11) is 0. The van der Waals surface area contributed by atoms with Crippen molar-refractivity contribution in [2.45, 2.75) is 12.5 Å². The third kappa shape index (κ3) is 5.96. The fourth-order valence-electron chi connectivity index (χ4n) is 4.29. The van der Waals surface area contributed by atoms with E-state index < -0.39 is 11.9 Å². The Hall–Kier alpha value is -4.99. The maximum Gasteiger partial charge on any atom is 0.336 e. The summed E-state index contributed by atoms with van der Waals surface area (Å²) in [5, 5.41) is 10.4. The quantitative estimate of drug-likeness (QED) is 0.160. The Bertz CT molecular complexity index is 1620. The summed E-state index contributed by atoms with van der Waals surface area (Å²) in [6.45, 7) is 0.414. The van der Waals surface area contributed by atoms with Gasteiger partial charge in [-0.15, -0.1) is 0 Å². The largest absolute Gasteiger partial charge is 0.489 e. The zero-order valence-corrected chi connectivity index (χ0v) is 21.5. The third-order valence-electron chi connectivity index (χ3n) is 6.15. The summed E-state index contributed by atoms with van der Waals surface area (Å²) in [5.74, 6) is 0.265. The highest BCUT2D eigenvalue weighted by Crippen LogP contribution is 2.44. The molecule has 4 aromatic carbocycles. The molecule has 192 valence electrons. The number of esters is 1. The number of nitriles is 1. The van der Waals surface area contributed by atoms with E-state index in [1.807, 2.05) is 66.7 Å². The molecule has 0 bridgehead atoms. The van der Waals surface area contributed by atoms with Crippen molar-refractivity contribution in [3.05, 3.63) is 142 Å². The van der Waals surface area contributed by atoms with Gasteiger partial charge in [0.2, 0.25) is 5.88 Å². The molecule has 1 unspecified atom stereocenters. The van der Waals surface area contributed by atoms with Gasteiger partial charge in [0.25, 0.3) is 0 Å². The van der Waals surface area contributed by atoms with Crippen molar-refractivity contribution >= 4 is 23.6 Å². The molecule has 4 aromatic rings. The lowest BCUT2D eigenvalue weighted by molar-refractivity contribution is -0.128. The molecule has 39 heavy (non-hydrogen) atoms. The Morgan fingerprint density at radius 3 is 2.56 bits per heavy atom. The van der Waals surface area contributed by atoms with Crippen molar-refractivity contribution in [1.82, 2.24) is 0 Å². The van der Waals surface area contributed by atoms with Crippen LogP contribution in [0.4, 0.5) is 0 Å². The lowest BCUT2D eigenvalue weighted by Crippen LogP contribution is -2.21.